The van der Waals surface area contributed by atoms with Crippen molar-refractivity contribution in [2.75, 3.05) is 12.0 Å². The van der Waals surface area contributed by atoms with Crippen LogP contribution in [0.1, 0.15) is 10.6 Å². The fraction of sp³-hybridized carbons (Fsp3) is 0.429. The molecule has 0 bridgehead atoms. The molecule has 0 saturated heterocycles. The van der Waals surface area contributed by atoms with Crippen LogP contribution in [0.25, 0.3) is 0 Å². The summed E-state index contributed by atoms with van der Waals surface area (Å²) in [7, 11) is 0. The lowest BCUT2D eigenvalue weighted by molar-refractivity contribution is -0.492. The third kappa shape index (κ3) is 4.08. The summed E-state index contributed by atoms with van der Waals surface area (Å²) in [5.74, 6) is 0. The number of carbonyl (C=O) groups excluding carboxylic acids is 1. The first-order chi connectivity index (χ1) is 7.63. The Balaban J connectivity index is 2.46. The van der Waals surface area contributed by atoms with Gasteiger partial charge in [0.25, 0.3) is 0 Å². The number of hydrogen-bond donors (Lipinski definition) is 4. The second kappa shape index (κ2) is 6.35. The third-order valence-electron chi connectivity index (χ3n) is 1.67. The summed E-state index contributed by atoms with van der Waals surface area (Å²) in [6.45, 7) is 1.93. The van der Waals surface area contributed by atoms with E-state index in [4.69, 9.17) is 10.4 Å². The zero-order valence-corrected chi connectivity index (χ0v) is 9.32. The van der Waals surface area contributed by atoms with Gasteiger partial charge < -0.3 is 0 Å². The minimum atomic E-state index is -0.330. The molecule has 0 atom stereocenters. The van der Waals surface area contributed by atoms with E-state index >= 15 is 0 Å². The smallest absolute Gasteiger partial charge is 0.225 e. The van der Waals surface area contributed by atoms with Gasteiger partial charge >= 0.3 is 0 Å². The molecule has 1 rings (SSSR count). The first-order valence-corrected chi connectivity index (χ1v) is 5.17. The summed E-state index contributed by atoms with van der Waals surface area (Å²) in [5, 5.41) is 16.9. The van der Waals surface area contributed by atoms with Crippen LogP contribution in [0.4, 0.5) is 5.13 Å². The van der Waals surface area contributed by atoms with Crippen molar-refractivity contribution >= 4 is 22.9 Å². The van der Waals surface area contributed by atoms with Gasteiger partial charge in [-0.05, 0) is 6.92 Å². The number of anilines is 1. The highest BCUT2D eigenvalue weighted by Crippen LogP contribution is 2.22. The molecule has 8 nitrogen and oxygen atoms in total. The van der Waals surface area contributed by atoms with Crippen LogP contribution in [0, 0.1) is 6.92 Å². The predicted molar refractivity (Wildman–Crippen MR) is 54.7 cm³/mol. The first-order valence-electron chi connectivity index (χ1n) is 4.35. The summed E-state index contributed by atoms with van der Waals surface area (Å²) in [4.78, 5) is 19.5. The molecule has 0 unspecified atom stereocenters. The normalized spacial score (nSPS) is 10.5. The lowest BCUT2D eigenvalue weighted by Gasteiger charge is -2.04. The van der Waals surface area contributed by atoms with Gasteiger partial charge in [0.05, 0.1) is 17.7 Å². The largest absolute Gasteiger partial charge is 0.277 e. The molecular weight excluding hydrogens is 236 g/mol. The van der Waals surface area contributed by atoms with Crippen LogP contribution in [0.3, 0.4) is 0 Å². The van der Waals surface area contributed by atoms with Crippen molar-refractivity contribution in [1.82, 2.24) is 15.8 Å². The van der Waals surface area contributed by atoms with Crippen molar-refractivity contribution in [3.8, 4) is 0 Å². The van der Waals surface area contributed by atoms with Crippen molar-refractivity contribution in [2.45, 2.75) is 13.3 Å². The molecule has 0 radical (unpaired) electrons. The van der Waals surface area contributed by atoms with E-state index in [1.54, 1.807) is 0 Å². The average Bonchev–Trinajstić information content (AvgIpc) is 2.56. The molecule has 0 saturated carbocycles. The van der Waals surface area contributed by atoms with Gasteiger partial charge in [0.2, 0.25) is 11.5 Å². The van der Waals surface area contributed by atoms with E-state index in [-0.39, 0.29) is 12.0 Å². The van der Waals surface area contributed by atoms with Gasteiger partial charge in [-0.3, -0.25) is 30.9 Å². The Morgan fingerprint density at radius 1 is 1.62 bits per heavy atom. The molecule has 4 N–H and O–H groups in total. The standard InChI is InChI=1S/C7H12N4O4S/c1-5-6(2-3-15-11(13)14)16-7(9-5)10-8-4-12/h4,13-14H,2-3H2,1H3,(H,8,12)(H,9,10). The SMILES string of the molecule is Cc1nc(NNC=O)sc1CCON(O)O. The molecule has 1 aromatic rings. The third-order valence-corrected chi connectivity index (χ3v) is 2.80. The van der Waals surface area contributed by atoms with Crippen LogP contribution >= 0.6 is 11.3 Å². The van der Waals surface area contributed by atoms with Crippen molar-refractivity contribution in [3.63, 3.8) is 0 Å². The van der Waals surface area contributed by atoms with Crippen molar-refractivity contribution < 1.29 is 20.0 Å². The Labute approximate surface area is 95.3 Å². The molecule has 0 spiro atoms. The van der Waals surface area contributed by atoms with Crippen LogP contribution < -0.4 is 10.9 Å². The van der Waals surface area contributed by atoms with E-state index in [0.717, 1.165) is 10.6 Å². The summed E-state index contributed by atoms with van der Waals surface area (Å²) in [5.41, 5.74) is 5.67. The van der Waals surface area contributed by atoms with E-state index in [1.165, 1.54) is 11.3 Å². The zero-order chi connectivity index (χ0) is 12.0. The number of nitrogens with one attached hydrogen (secondary N) is 2. The minimum absolute atomic E-state index is 0.122. The second-order valence-electron chi connectivity index (χ2n) is 2.75. The van der Waals surface area contributed by atoms with Crippen LogP contribution in [0.15, 0.2) is 0 Å². The van der Waals surface area contributed by atoms with E-state index in [2.05, 4.69) is 20.7 Å². The van der Waals surface area contributed by atoms with Crippen molar-refractivity contribution in [1.29, 1.82) is 0 Å². The van der Waals surface area contributed by atoms with Crippen LogP contribution in [-0.4, -0.2) is 33.8 Å². The van der Waals surface area contributed by atoms with Crippen LogP contribution in [0.5, 0.6) is 0 Å². The highest BCUT2D eigenvalue weighted by Gasteiger charge is 2.07. The van der Waals surface area contributed by atoms with Crippen LogP contribution in [-0.2, 0) is 16.1 Å². The van der Waals surface area contributed by atoms with Crippen molar-refractivity contribution in [3.05, 3.63) is 10.6 Å². The van der Waals surface area contributed by atoms with E-state index in [1.807, 2.05) is 6.92 Å². The Morgan fingerprint density at radius 2 is 2.38 bits per heavy atom. The summed E-state index contributed by atoms with van der Waals surface area (Å²) >= 11 is 1.35. The van der Waals surface area contributed by atoms with Crippen molar-refractivity contribution in [2.24, 2.45) is 0 Å². The van der Waals surface area contributed by atoms with E-state index < -0.39 is 0 Å². The number of nitrogens with zero attached hydrogens (tertiary/aromatic N) is 2. The second-order valence-corrected chi connectivity index (χ2v) is 3.83. The van der Waals surface area contributed by atoms with Gasteiger partial charge in [0.15, 0.2) is 0 Å². The van der Waals surface area contributed by atoms with Gasteiger partial charge in [-0.2, -0.15) is 0 Å². The number of aromatic nitrogens is 1. The summed E-state index contributed by atoms with van der Waals surface area (Å²) in [6, 6.07) is 0. The molecule has 0 aromatic carbocycles. The zero-order valence-electron chi connectivity index (χ0n) is 8.51. The van der Waals surface area contributed by atoms with Gasteiger partial charge in [0.1, 0.15) is 0 Å². The lowest BCUT2D eigenvalue weighted by Crippen LogP contribution is -2.18. The molecule has 1 aromatic heterocycles. The highest BCUT2D eigenvalue weighted by atomic mass is 32.1. The van der Waals surface area contributed by atoms with Gasteiger partial charge in [-0.15, -0.1) is 11.3 Å². The molecule has 1 amide bonds. The number of hydrogen-bond acceptors (Lipinski definition) is 8. The monoisotopic (exact) mass is 248 g/mol. The summed E-state index contributed by atoms with van der Waals surface area (Å²) < 4.78 is 0. The fourth-order valence-corrected chi connectivity index (χ4v) is 1.93. The topological polar surface area (TPSA) is 107 Å². The van der Waals surface area contributed by atoms with E-state index in [0.29, 0.717) is 18.0 Å². The number of thiazole rings is 1. The molecule has 0 fully saturated rings. The number of amides is 1. The maximum Gasteiger partial charge on any atom is 0.225 e. The predicted octanol–water partition coefficient (Wildman–Crippen LogP) is 0.0789. The molecule has 9 heteroatoms. The quantitative estimate of drug-likeness (QED) is 0.400. The molecule has 0 aliphatic heterocycles. The molecule has 0 aliphatic carbocycles. The first kappa shape index (κ1) is 12.8. The molecular formula is C7H12N4O4S. The highest BCUT2D eigenvalue weighted by molar-refractivity contribution is 7.15. The molecule has 90 valence electrons. The maximum atomic E-state index is 10.0. The Kier molecular flexibility index (Phi) is 5.08. The Bertz CT molecular complexity index is 343. The Hall–Kier alpha value is -1.26. The van der Waals surface area contributed by atoms with E-state index in [9.17, 15) is 4.79 Å². The number of carbonyl (C=O) groups is 1. The summed E-state index contributed by atoms with van der Waals surface area (Å²) in [6.07, 6.45) is 0.999. The van der Waals surface area contributed by atoms with Gasteiger partial charge in [-0.1, -0.05) is 0 Å². The van der Waals surface area contributed by atoms with Gasteiger partial charge in [-0.25, -0.2) is 4.98 Å². The lowest BCUT2D eigenvalue weighted by atomic mass is 10.3. The average molecular weight is 248 g/mol. The fourth-order valence-electron chi connectivity index (χ4n) is 1.02. The molecule has 16 heavy (non-hydrogen) atoms. The van der Waals surface area contributed by atoms with Gasteiger partial charge in [0, 0.05) is 11.3 Å². The molecule has 1 heterocycles. The van der Waals surface area contributed by atoms with Crippen LogP contribution in [0.2, 0.25) is 0 Å². The number of rotatable bonds is 7. The maximum absolute atomic E-state index is 10.0. The number of hydrazine groups is 1. The minimum Gasteiger partial charge on any atom is -0.277 e. The Morgan fingerprint density at radius 3 is 3.00 bits per heavy atom. The number of aryl methyl sites for hydroxylation is 1. The molecule has 0 aliphatic rings.